The van der Waals surface area contributed by atoms with E-state index in [0.717, 1.165) is 19.3 Å². The third kappa shape index (κ3) is 8.26. The van der Waals surface area contributed by atoms with E-state index in [1.54, 1.807) is 13.0 Å². The molecule has 2 nitrogen and oxygen atoms in total. The molecule has 0 saturated carbocycles. The van der Waals surface area contributed by atoms with Gasteiger partial charge in [-0.2, -0.15) is 0 Å². The van der Waals surface area contributed by atoms with E-state index < -0.39 is 0 Å². The zero-order chi connectivity index (χ0) is 13.1. The fourth-order valence-electron chi connectivity index (χ4n) is 1.31. The van der Waals surface area contributed by atoms with Crippen LogP contribution in [0.5, 0.6) is 0 Å². The van der Waals surface area contributed by atoms with E-state index in [0.29, 0.717) is 12.2 Å². The standard InChI is InChI=1S/C15H22O2/c1-5-9-14(10-6-2)11-7-8-12-17-15(16)13(3)4/h5-6,9-10H,1,3,7-8,11-12H2,2,4H3/b10-6-,14-9+. The molecule has 0 saturated heterocycles. The molecule has 0 unspecified atom stereocenters. The first-order valence-corrected chi connectivity index (χ1v) is 5.88. The van der Waals surface area contributed by atoms with Gasteiger partial charge in [0.15, 0.2) is 0 Å². The van der Waals surface area contributed by atoms with Gasteiger partial charge in [0.25, 0.3) is 0 Å². The van der Waals surface area contributed by atoms with Crippen LogP contribution in [-0.4, -0.2) is 12.6 Å². The minimum Gasteiger partial charge on any atom is -0.462 e. The summed E-state index contributed by atoms with van der Waals surface area (Å²) in [5, 5.41) is 0. The first kappa shape index (κ1) is 15.4. The van der Waals surface area contributed by atoms with Crippen molar-refractivity contribution in [2.45, 2.75) is 33.1 Å². The molecule has 0 aromatic rings. The zero-order valence-electron chi connectivity index (χ0n) is 10.9. The van der Waals surface area contributed by atoms with Crippen molar-refractivity contribution in [1.29, 1.82) is 0 Å². The SMILES string of the molecule is C=C/C=C(\C=C/C)CCCCOC(=O)C(=C)C. The van der Waals surface area contributed by atoms with Crippen LogP contribution in [0, 0.1) is 0 Å². The number of allylic oxidation sites excluding steroid dienone is 5. The van der Waals surface area contributed by atoms with E-state index in [9.17, 15) is 4.79 Å². The maximum absolute atomic E-state index is 11.1. The number of carbonyl (C=O) groups is 1. The number of rotatable bonds is 8. The van der Waals surface area contributed by atoms with Gasteiger partial charge < -0.3 is 4.74 Å². The van der Waals surface area contributed by atoms with E-state index in [2.05, 4.69) is 19.2 Å². The molecule has 0 aliphatic heterocycles. The minimum atomic E-state index is -0.305. The van der Waals surface area contributed by atoms with E-state index >= 15 is 0 Å². The second-order valence-corrected chi connectivity index (χ2v) is 3.85. The van der Waals surface area contributed by atoms with E-state index in [1.807, 2.05) is 19.1 Å². The van der Waals surface area contributed by atoms with Crippen molar-refractivity contribution in [3.63, 3.8) is 0 Å². The molecule has 0 amide bonds. The van der Waals surface area contributed by atoms with Gasteiger partial charge in [0.2, 0.25) is 0 Å². The highest BCUT2D eigenvalue weighted by atomic mass is 16.5. The molecule has 0 radical (unpaired) electrons. The van der Waals surface area contributed by atoms with Crippen molar-refractivity contribution in [1.82, 2.24) is 0 Å². The molecule has 0 bridgehead atoms. The van der Waals surface area contributed by atoms with Gasteiger partial charge in [-0.05, 0) is 38.7 Å². The van der Waals surface area contributed by atoms with Crippen LogP contribution < -0.4 is 0 Å². The number of hydrogen-bond acceptors (Lipinski definition) is 2. The average molecular weight is 234 g/mol. The van der Waals surface area contributed by atoms with Crippen molar-refractivity contribution in [3.8, 4) is 0 Å². The third-order valence-electron chi connectivity index (χ3n) is 2.15. The Hall–Kier alpha value is -1.57. The van der Waals surface area contributed by atoms with Gasteiger partial charge in [0.1, 0.15) is 0 Å². The van der Waals surface area contributed by atoms with Crippen LogP contribution in [0.3, 0.4) is 0 Å². The minimum absolute atomic E-state index is 0.305. The van der Waals surface area contributed by atoms with Gasteiger partial charge in [-0.15, -0.1) is 0 Å². The van der Waals surface area contributed by atoms with Crippen molar-refractivity contribution in [3.05, 3.63) is 48.6 Å². The molecular weight excluding hydrogens is 212 g/mol. The smallest absolute Gasteiger partial charge is 0.333 e. The first-order chi connectivity index (χ1) is 8.11. The first-order valence-electron chi connectivity index (χ1n) is 5.88. The Labute approximate surface area is 104 Å². The highest BCUT2D eigenvalue weighted by Crippen LogP contribution is 2.09. The van der Waals surface area contributed by atoms with Crippen molar-refractivity contribution >= 4 is 5.97 Å². The lowest BCUT2D eigenvalue weighted by Gasteiger charge is -2.04. The predicted molar refractivity (Wildman–Crippen MR) is 72.7 cm³/mol. The topological polar surface area (TPSA) is 26.3 Å². The molecule has 94 valence electrons. The van der Waals surface area contributed by atoms with Crippen LogP contribution in [-0.2, 0) is 9.53 Å². The predicted octanol–water partition coefficient (Wildman–Crippen LogP) is 3.96. The Kier molecular flexibility index (Phi) is 8.75. The van der Waals surface area contributed by atoms with Gasteiger partial charge in [-0.25, -0.2) is 4.79 Å². The van der Waals surface area contributed by atoms with Crippen LogP contribution in [0.1, 0.15) is 33.1 Å². The number of hydrogen-bond donors (Lipinski definition) is 0. The lowest BCUT2D eigenvalue weighted by atomic mass is 10.1. The Balaban J connectivity index is 3.76. The fourth-order valence-corrected chi connectivity index (χ4v) is 1.31. The second-order valence-electron chi connectivity index (χ2n) is 3.85. The summed E-state index contributed by atoms with van der Waals surface area (Å²) >= 11 is 0. The normalized spacial score (nSPS) is 11.5. The maximum Gasteiger partial charge on any atom is 0.333 e. The molecular formula is C15H22O2. The highest BCUT2D eigenvalue weighted by molar-refractivity contribution is 5.86. The van der Waals surface area contributed by atoms with Gasteiger partial charge in [0.05, 0.1) is 6.61 Å². The zero-order valence-corrected chi connectivity index (χ0v) is 10.9. The molecule has 0 heterocycles. The number of unbranched alkanes of at least 4 members (excludes halogenated alkanes) is 1. The Morgan fingerprint density at radius 1 is 1.35 bits per heavy atom. The number of ether oxygens (including phenoxy) is 1. The molecule has 0 atom stereocenters. The van der Waals surface area contributed by atoms with Gasteiger partial charge in [-0.1, -0.05) is 37.5 Å². The molecule has 0 spiro atoms. The second kappa shape index (κ2) is 9.64. The summed E-state index contributed by atoms with van der Waals surface area (Å²) < 4.78 is 5.01. The summed E-state index contributed by atoms with van der Waals surface area (Å²) in [4.78, 5) is 11.1. The van der Waals surface area contributed by atoms with Gasteiger partial charge in [-0.3, -0.25) is 0 Å². The summed E-state index contributed by atoms with van der Waals surface area (Å²) in [5.41, 5.74) is 1.69. The average Bonchev–Trinajstić information content (AvgIpc) is 2.28. The van der Waals surface area contributed by atoms with Gasteiger partial charge >= 0.3 is 5.97 Å². The molecule has 17 heavy (non-hydrogen) atoms. The lowest BCUT2D eigenvalue weighted by molar-refractivity contribution is -0.139. The molecule has 0 aliphatic rings. The molecule has 2 heteroatoms. The van der Waals surface area contributed by atoms with Crippen molar-refractivity contribution in [2.24, 2.45) is 0 Å². The van der Waals surface area contributed by atoms with E-state index in [-0.39, 0.29) is 5.97 Å². The summed E-state index contributed by atoms with van der Waals surface area (Å²) in [6.07, 6.45) is 10.7. The van der Waals surface area contributed by atoms with Crippen LogP contribution in [0.25, 0.3) is 0 Å². The molecule has 0 rings (SSSR count). The molecule has 0 aliphatic carbocycles. The van der Waals surface area contributed by atoms with Crippen LogP contribution in [0.4, 0.5) is 0 Å². The lowest BCUT2D eigenvalue weighted by Crippen LogP contribution is -2.06. The van der Waals surface area contributed by atoms with E-state index in [4.69, 9.17) is 4.74 Å². The Bertz CT molecular complexity index is 322. The number of esters is 1. The van der Waals surface area contributed by atoms with Crippen molar-refractivity contribution < 1.29 is 9.53 Å². The fraction of sp³-hybridized carbons (Fsp3) is 0.400. The molecule has 0 aromatic heterocycles. The highest BCUT2D eigenvalue weighted by Gasteiger charge is 2.01. The summed E-state index contributed by atoms with van der Waals surface area (Å²) in [6.45, 7) is 11.3. The van der Waals surface area contributed by atoms with Crippen molar-refractivity contribution in [2.75, 3.05) is 6.61 Å². The van der Waals surface area contributed by atoms with E-state index in [1.165, 1.54) is 5.57 Å². The van der Waals surface area contributed by atoms with Gasteiger partial charge in [0, 0.05) is 5.57 Å². The monoisotopic (exact) mass is 234 g/mol. The third-order valence-corrected chi connectivity index (χ3v) is 2.15. The molecule has 0 N–H and O–H groups in total. The summed E-state index contributed by atoms with van der Waals surface area (Å²) in [6, 6.07) is 0. The largest absolute Gasteiger partial charge is 0.462 e. The quantitative estimate of drug-likeness (QED) is 0.275. The molecule has 0 aromatic carbocycles. The number of carbonyl (C=O) groups excluding carboxylic acids is 1. The summed E-state index contributed by atoms with van der Waals surface area (Å²) in [5.74, 6) is -0.305. The summed E-state index contributed by atoms with van der Waals surface area (Å²) in [7, 11) is 0. The Morgan fingerprint density at radius 3 is 2.59 bits per heavy atom. The van der Waals surface area contributed by atoms with Crippen LogP contribution in [0.2, 0.25) is 0 Å². The molecule has 0 fully saturated rings. The van der Waals surface area contributed by atoms with Crippen LogP contribution in [0.15, 0.2) is 48.6 Å². The Morgan fingerprint density at radius 2 is 2.06 bits per heavy atom. The van der Waals surface area contributed by atoms with Crippen LogP contribution >= 0.6 is 0 Å². The maximum atomic E-state index is 11.1.